The fraction of sp³-hybridized carbons (Fsp3) is 0.0500. The van der Waals surface area contributed by atoms with Crippen molar-refractivity contribution in [2.75, 3.05) is 4.90 Å². The summed E-state index contributed by atoms with van der Waals surface area (Å²) in [5.74, 6) is 3.83. The minimum atomic E-state index is -0.554. The van der Waals surface area contributed by atoms with Crippen LogP contribution in [0, 0.1) is 5.92 Å². The molecule has 2 atom stereocenters. The van der Waals surface area contributed by atoms with Crippen molar-refractivity contribution >= 4 is 22.6 Å². The third-order valence-corrected chi connectivity index (χ3v) is 18.5. The summed E-state index contributed by atoms with van der Waals surface area (Å²) in [5, 5.41) is 0. The Hall–Kier alpha value is -10.5. The van der Waals surface area contributed by atoms with Gasteiger partial charge >= 0.3 is 0 Å². The normalized spacial score (nSPS) is 16.4. The van der Waals surface area contributed by atoms with Crippen molar-refractivity contribution < 1.29 is 9.47 Å². The molecule has 2 aliphatic heterocycles. The summed E-state index contributed by atoms with van der Waals surface area (Å²) in [6.45, 7) is 0. The topological polar surface area (TPSA) is 21.7 Å². The molecule has 0 amide bonds. The van der Waals surface area contributed by atoms with E-state index in [9.17, 15) is 0 Å². The fourth-order valence-corrected chi connectivity index (χ4v) is 15.1. The predicted molar refractivity (Wildman–Crippen MR) is 337 cm³/mol. The molecule has 2 spiro atoms. The molecule has 3 nitrogen and oxygen atoms in total. The first-order valence-corrected chi connectivity index (χ1v) is 28.9. The maximum atomic E-state index is 6.71. The van der Waals surface area contributed by atoms with Gasteiger partial charge in [-0.25, -0.2) is 0 Å². The van der Waals surface area contributed by atoms with Gasteiger partial charge in [-0.2, -0.15) is 0 Å². The van der Waals surface area contributed by atoms with Crippen molar-refractivity contribution in [1.82, 2.24) is 0 Å². The minimum Gasteiger partial charge on any atom is -0.457 e. The molecule has 12 aromatic rings. The van der Waals surface area contributed by atoms with E-state index in [2.05, 4.69) is 314 Å². The molecule has 0 saturated carbocycles. The third kappa shape index (κ3) is 6.92. The molecule has 3 aliphatic carbocycles. The zero-order chi connectivity index (χ0) is 54.6. The Morgan fingerprint density at radius 2 is 0.747 bits per heavy atom. The van der Waals surface area contributed by atoms with E-state index in [0.29, 0.717) is 0 Å². The van der Waals surface area contributed by atoms with Crippen LogP contribution >= 0.6 is 0 Å². The van der Waals surface area contributed by atoms with Crippen molar-refractivity contribution in [3.8, 4) is 67.5 Å². The number of allylic oxidation sites excluding steroid dienone is 4. The molecule has 2 heterocycles. The standard InChI is InChI=1S/C80H53NO2/c1-2-20-52(21-3-1)53-38-40-54(41-39-53)55-42-46-58(47-43-55)81(73-32-14-6-22-59(73)56-44-48-67-63(50-56)61-24-4-8-26-65(61)79(67)69-28-10-16-34-75(69)82-76-35-17-11-29-70(76)79)74-33-15-7-23-60(74)57-45-49-68-64(51-57)62-25-5-9-27-66(62)80(68)71-30-12-18-36-77(71)83-78-37-19-13-31-72(78)80/h1-51,63,67H. The van der Waals surface area contributed by atoms with Crippen molar-refractivity contribution in [3.05, 3.63) is 359 Å². The number of benzene rings is 12. The third-order valence-electron chi connectivity index (χ3n) is 18.5. The molecular formula is C80H53NO2. The van der Waals surface area contributed by atoms with Crippen LogP contribution in [-0.4, -0.2) is 0 Å². The first kappa shape index (κ1) is 47.3. The fourth-order valence-electron chi connectivity index (χ4n) is 15.1. The maximum Gasteiger partial charge on any atom is 0.132 e. The van der Waals surface area contributed by atoms with Crippen LogP contribution in [0.1, 0.15) is 56.0 Å². The van der Waals surface area contributed by atoms with Crippen molar-refractivity contribution in [2.45, 2.75) is 16.7 Å². The molecule has 12 aromatic carbocycles. The van der Waals surface area contributed by atoms with E-state index in [1.54, 1.807) is 0 Å². The number of para-hydroxylation sites is 6. The van der Waals surface area contributed by atoms with Crippen LogP contribution in [0.15, 0.2) is 309 Å². The smallest absolute Gasteiger partial charge is 0.132 e. The van der Waals surface area contributed by atoms with Gasteiger partial charge in [0.15, 0.2) is 0 Å². The molecule has 0 aromatic heterocycles. The van der Waals surface area contributed by atoms with Crippen molar-refractivity contribution in [2.24, 2.45) is 5.92 Å². The van der Waals surface area contributed by atoms with Gasteiger partial charge in [0.2, 0.25) is 0 Å². The number of hydrogen-bond donors (Lipinski definition) is 0. The van der Waals surface area contributed by atoms with Gasteiger partial charge in [-0.15, -0.1) is 0 Å². The summed E-state index contributed by atoms with van der Waals surface area (Å²) >= 11 is 0. The van der Waals surface area contributed by atoms with E-state index >= 15 is 0 Å². The molecule has 83 heavy (non-hydrogen) atoms. The largest absolute Gasteiger partial charge is 0.457 e. The first-order chi connectivity index (χ1) is 41.2. The van der Waals surface area contributed by atoms with E-state index < -0.39 is 10.8 Å². The van der Waals surface area contributed by atoms with Gasteiger partial charge in [0.1, 0.15) is 23.0 Å². The lowest BCUT2D eigenvalue weighted by molar-refractivity contribution is 0.374. The first-order valence-electron chi connectivity index (χ1n) is 28.9. The van der Waals surface area contributed by atoms with E-state index in [4.69, 9.17) is 9.47 Å². The molecule has 0 radical (unpaired) electrons. The van der Waals surface area contributed by atoms with Crippen LogP contribution in [-0.2, 0) is 10.8 Å². The Bertz CT molecular complexity index is 4550. The van der Waals surface area contributed by atoms with Crippen LogP contribution in [0.5, 0.6) is 23.0 Å². The van der Waals surface area contributed by atoms with Gasteiger partial charge < -0.3 is 14.4 Å². The second kappa shape index (κ2) is 18.5. The maximum absolute atomic E-state index is 6.71. The van der Waals surface area contributed by atoms with E-state index in [1.807, 2.05) is 0 Å². The summed E-state index contributed by atoms with van der Waals surface area (Å²) < 4.78 is 13.4. The average Bonchev–Trinajstić information content (AvgIpc) is 1.66. The van der Waals surface area contributed by atoms with Gasteiger partial charge in [0.05, 0.1) is 22.2 Å². The SMILES string of the molecule is C1=CC2C(C=C1c1ccccc1N(c1ccc(-c3ccc(-c4ccccc4)cc3)cc1)c1ccccc1-c1ccc3c(c1)-c1ccccc1C31c3ccccc3Oc3ccccc31)c1ccccc1C21c2ccccc2Oc2ccccc21. The summed E-state index contributed by atoms with van der Waals surface area (Å²) in [6.07, 6.45) is 7.47. The lowest BCUT2D eigenvalue weighted by Gasteiger charge is -2.43. The van der Waals surface area contributed by atoms with Crippen molar-refractivity contribution in [3.63, 3.8) is 0 Å². The van der Waals surface area contributed by atoms with Gasteiger partial charge in [-0.1, -0.05) is 255 Å². The second-order valence-corrected chi connectivity index (χ2v) is 22.5. The highest BCUT2D eigenvalue weighted by molar-refractivity contribution is 5.97. The van der Waals surface area contributed by atoms with Crippen molar-refractivity contribution in [1.29, 1.82) is 0 Å². The molecule has 0 bridgehead atoms. The monoisotopic (exact) mass is 1060 g/mol. The van der Waals surface area contributed by atoms with E-state index in [0.717, 1.165) is 73.4 Å². The Labute approximate surface area is 484 Å². The Morgan fingerprint density at radius 3 is 1.37 bits per heavy atom. The Balaban J connectivity index is 0.830. The molecule has 3 heteroatoms. The van der Waals surface area contributed by atoms with Gasteiger partial charge in [-0.3, -0.25) is 0 Å². The second-order valence-electron chi connectivity index (χ2n) is 22.5. The molecule has 0 N–H and O–H groups in total. The average molecular weight is 1060 g/mol. The van der Waals surface area contributed by atoms with Gasteiger partial charge in [-0.05, 0) is 121 Å². The molecule has 17 rings (SSSR count). The Kier molecular flexibility index (Phi) is 10.6. The van der Waals surface area contributed by atoms with Crippen LogP contribution in [0.4, 0.5) is 17.1 Å². The van der Waals surface area contributed by atoms with Gasteiger partial charge in [0.25, 0.3) is 0 Å². The Morgan fingerprint density at radius 1 is 0.313 bits per heavy atom. The molecule has 0 saturated heterocycles. The lowest BCUT2D eigenvalue weighted by atomic mass is 9.61. The number of fused-ring (bicyclic) bond motifs is 18. The molecule has 2 unspecified atom stereocenters. The van der Waals surface area contributed by atoms with Gasteiger partial charge in [0, 0.05) is 50.9 Å². The lowest BCUT2D eigenvalue weighted by Crippen LogP contribution is -2.37. The van der Waals surface area contributed by atoms with Crippen LogP contribution in [0.3, 0.4) is 0 Å². The van der Waals surface area contributed by atoms with E-state index in [1.165, 1.54) is 66.8 Å². The summed E-state index contributed by atoms with van der Waals surface area (Å²) in [7, 11) is 0. The minimum absolute atomic E-state index is 0.0963. The predicted octanol–water partition coefficient (Wildman–Crippen LogP) is 20.4. The summed E-state index contributed by atoms with van der Waals surface area (Å²) in [6, 6.07) is 107. The highest BCUT2D eigenvalue weighted by Crippen LogP contribution is 2.66. The quantitative estimate of drug-likeness (QED) is 0.159. The number of nitrogens with zero attached hydrogens (tertiary/aromatic N) is 1. The van der Waals surface area contributed by atoms with E-state index in [-0.39, 0.29) is 11.8 Å². The molecule has 5 aliphatic rings. The highest BCUT2D eigenvalue weighted by atomic mass is 16.5. The number of ether oxygens (including phenoxy) is 2. The highest BCUT2D eigenvalue weighted by Gasteiger charge is 2.57. The van der Waals surface area contributed by atoms with Crippen LogP contribution in [0.2, 0.25) is 0 Å². The number of hydrogen-bond acceptors (Lipinski definition) is 3. The zero-order valence-corrected chi connectivity index (χ0v) is 45.4. The summed E-state index contributed by atoms with van der Waals surface area (Å²) in [5.41, 5.74) is 24.1. The molecule has 0 fully saturated rings. The number of rotatable bonds is 7. The van der Waals surface area contributed by atoms with Crippen LogP contribution in [0.25, 0.3) is 50.1 Å². The summed E-state index contributed by atoms with van der Waals surface area (Å²) in [4.78, 5) is 2.50. The molecular weight excluding hydrogens is 1010 g/mol. The zero-order valence-electron chi connectivity index (χ0n) is 45.4. The van der Waals surface area contributed by atoms with Crippen LogP contribution < -0.4 is 14.4 Å². The number of anilines is 3. The molecule has 390 valence electrons.